The first-order chi connectivity index (χ1) is 14.4. The number of nitrogens with zero attached hydrogens (tertiary/aromatic N) is 3. The van der Waals surface area contributed by atoms with Gasteiger partial charge >= 0.3 is 6.09 Å². The molecule has 2 atom stereocenters. The number of imidazole rings is 1. The van der Waals surface area contributed by atoms with Gasteiger partial charge in [-0.05, 0) is 49.2 Å². The quantitative estimate of drug-likeness (QED) is 0.594. The van der Waals surface area contributed by atoms with Gasteiger partial charge in [0.05, 0.1) is 36.1 Å². The van der Waals surface area contributed by atoms with Gasteiger partial charge in [0.2, 0.25) is 0 Å². The molecule has 31 heavy (non-hydrogen) atoms. The lowest BCUT2D eigenvalue weighted by atomic mass is 9.95. The highest BCUT2D eigenvalue weighted by molar-refractivity contribution is 6.74. The van der Waals surface area contributed by atoms with Crippen molar-refractivity contribution < 1.29 is 19.1 Å². The monoisotopic (exact) mass is 465 g/mol. The minimum atomic E-state index is -2.11. The van der Waals surface area contributed by atoms with Crippen molar-refractivity contribution in [2.75, 3.05) is 6.54 Å². The van der Waals surface area contributed by atoms with Crippen molar-refractivity contribution in [3.63, 3.8) is 0 Å². The molecule has 7 nitrogen and oxygen atoms in total. The van der Waals surface area contributed by atoms with E-state index in [1.54, 1.807) is 23.0 Å². The first-order valence-electron chi connectivity index (χ1n) is 10.7. The van der Waals surface area contributed by atoms with Crippen LogP contribution in [0.15, 0.2) is 24.5 Å². The van der Waals surface area contributed by atoms with Gasteiger partial charge in [-0.1, -0.05) is 32.4 Å². The predicted molar refractivity (Wildman–Crippen MR) is 124 cm³/mol. The van der Waals surface area contributed by atoms with Crippen LogP contribution < -0.4 is 0 Å². The molecule has 1 fully saturated rings. The second kappa shape index (κ2) is 8.92. The molecule has 1 aromatic carbocycles. The van der Waals surface area contributed by atoms with E-state index in [0.29, 0.717) is 11.6 Å². The first-order valence-corrected chi connectivity index (χ1v) is 14.0. The standard InChI is InChI=1S/C22H32ClN3O4Si/c1-22(2,3)31(4,5)30-20-7-6-10-26(21(28)29)19(20)12-16(27)13-25-14-24-17-11-15(23)8-9-18(17)25/h8-9,11,14,19-20H,6-7,10,12-13H2,1-5H3,(H,28,29)/t19-,20+/m1/s1. The van der Waals surface area contributed by atoms with Gasteiger partial charge in [0, 0.05) is 18.0 Å². The highest BCUT2D eigenvalue weighted by atomic mass is 35.5. The van der Waals surface area contributed by atoms with Crippen LogP contribution in [0.25, 0.3) is 11.0 Å². The van der Waals surface area contributed by atoms with Crippen LogP contribution in [0.3, 0.4) is 0 Å². The summed E-state index contributed by atoms with van der Waals surface area (Å²) in [5.41, 5.74) is 1.55. The van der Waals surface area contributed by atoms with Crippen molar-refractivity contribution in [1.29, 1.82) is 0 Å². The number of carbonyl (C=O) groups is 2. The molecule has 2 aromatic rings. The fraction of sp³-hybridized carbons (Fsp3) is 0.591. The largest absolute Gasteiger partial charge is 0.465 e. The summed E-state index contributed by atoms with van der Waals surface area (Å²) in [6.45, 7) is 11.4. The Kier molecular flexibility index (Phi) is 6.83. The maximum absolute atomic E-state index is 13.0. The molecule has 0 aliphatic carbocycles. The number of likely N-dealkylation sites (tertiary alicyclic amines) is 1. The Morgan fingerprint density at radius 2 is 2.03 bits per heavy atom. The smallest absolute Gasteiger partial charge is 0.407 e. The molecule has 1 aliphatic rings. The lowest BCUT2D eigenvalue weighted by molar-refractivity contribution is -0.122. The van der Waals surface area contributed by atoms with E-state index in [4.69, 9.17) is 16.0 Å². The van der Waals surface area contributed by atoms with Gasteiger partial charge in [-0.2, -0.15) is 0 Å². The number of amides is 1. The zero-order chi connectivity index (χ0) is 23.0. The summed E-state index contributed by atoms with van der Waals surface area (Å²) in [4.78, 5) is 30.7. The van der Waals surface area contributed by atoms with Crippen LogP contribution in [0.1, 0.15) is 40.0 Å². The number of hydrogen-bond acceptors (Lipinski definition) is 4. The van der Waals surface area contributed by atoms with Gasteiger partial charge in [-0.15, -0.1) is 0 Å². The zero-order valence-electron chi connectivity index (χ0n) is 18.9. The number of benzene rings is 1. The van der Waals surface area contributed by atoms with E-state index < -0.39 is 20.5 Å². The first kappa shape index (κ1) is 23.8. The molecule has 170 valence electrons. The average molecular weight is 466 g/mol. The lowest BCUT2D eigenvalue weighted by Crippen LogP contribution is -2.56. The number of ketones is 1. The molecule has 1 N–H and O–H groups in total. The molecule has 0 saturated carbocycles. The molecule has 1 aliphatic heterocycles. The average Bonchev–Trinajstić information content (AvgIpc) is 3.03. The maximum atomic E-state index is 13.0. The Hall–Kier alpha value is -1.90. The van der Waals surface area contributed by atoms with Crippen molar-refractivity contribution in [3.8, 4) is 0 Å². The van der Waals surface area contributed by atoms with Crippen LogP contribution >= 0.6 is 11.6 Å². The third-order valence-corrected chi connectivity index (χ3v) is 11.3. The summed E-state index contributed by atoms with van der Waals surface area (Å²) in [6, 6.07) is 4.89. The van der Waals surface area contributed by atoms with E-state index in [2.05, 4.69) is 38.8 Å². The number of hydrogen-bond donors (Lipinski definition) is 1. The summed E-state index contributed by atoms with van der Waals surface area (Å²) >= 11 is 6.02. The second-order valence-corrected chi connectivity index (χ2v) is 15.0. The molecule has 0 radical (unpaired) electrons. The van der Waals surface area contributed by atoms with E-state index in [0.717, 1.165) is 23.9 Å². The van der Waals surface area contributed by atoms with Crippen LogP contribution in [0.4, 0.5) is 4.79 Å². The highest BCUT2D eigenvalue weighted by Crippen LogP contribution is 2.39. The number of piperidine rings is 1. The molecule has 1 aromatic heterocycles. The number of Topliss-reactive ketones (excluding diaryl/α,β-unsaturated/α-hetero) is 1. The van der Waals surface area contributed by atoms with E-state index >= 15 is 0 Å². The Morgan fingerprint density at radius 3 is 2.68 bits per heavy atom. The number of carbonyl (C=O) groups excluding carboxylic acids is 1. The molecule has 1 amide bonds. The Bertz CT molecular complexity index is 969. The molecule has 0 unspecified atom stereocenters. The van der Waals surface area contributed by atoms with E-state index in [-0.39, 0.29) is 29.9 Å². The summed E-state index contributed by atoms with van der Waals surface area (Å²) in [6.07, 6.45) is 1.98. The topological polar surface area (TPSA) is 84.7 Å². The van der Waals surface area contributed by atoms with E-state index in [1.165, 1.54) is 4.90 Å². The minimum Gasteiger partial charge on any atom is -0.465 e. The van der Waals surface area contributed by atoms with Gasteiger partial charge < -0.3 is 19.0 Å². The van der Waals surface area contributed by atoms with Gasteiger partial charge in [0.25, 0.3) is 0 Å². The van der Waals surface area contributed by atoms with Gasteiger partial charge in [0.1, 0.15) is 0 Å². The number of carboxylic acid groups (broad SMARTS) is 1. The normalized spacial score (nSPS) is 20.3. The Morgan fingerprint density at radius 1 is 1.32 bits per heavy atom. The van der Waals surface area contributed by atoms with E-state index in [1.807, 2.05) is 6.07 Å². The molecular weight excluding hydrogens is 434 g/mol. The zero-order valence-corrected chi connectivity index (χ0v) is 20.6. The number of halogens is 1. The molecule has 2 heterocycles. The van der Waals surface area contributed by atoms with E-state index in [9.17, 15) is 14.7 Å². The molecule has 0 spiro atoms. The number of fused-ring (bicyclic) bond motifs is 1. The third-order valence-electron chi connectivity index (χ3n) is 6.58. The Labute approximate surface area is 189 Å². The summed E-state index contributed by atoms with van der Waals surface area (Å²) < 4.78 is 8.39. The molecule has 9 heteroatoms. The van der Waals surface area contributed by atoms with Crippen molar-refractivity contribution in [2.45, 2.75) is 76.9 Å². The maximum Gasteiger partial charge on any atom is 0.407 e. The number of rotatable bonds is 6. The van der Waals surface area contributed by atoms with Crippen LogP contribution in [-0.2, 0) is 15.8 Å². The molecule has 0 bridgehead atoms. The van der Waals surface area contributed by atoms with Gasteiger partial charge in [-0.25, -0.2) is 9.78 Å². The summed E-state index contributed by atoms with van der Waals surface area (Å²) in [5.74, 6) is -0.0452. The van der Waals surface area contributed by atoms with Crippen LogP contribution in [0, 0.1) is 0 Å². The summed E-state index contributed by atoms with van der Waals surface area (Å²) in [5, 5.41) is 10.4. The fourth-order valence-corrected chi connectivity index (χ4v) is 5.40. The van der Waals surface area contributed by atoms with Crippen molar-refractivity contribution >= 4 is 42.8 Å². The minimum absolute atomic E-state index is 0.00403. The van der Waals surface area contributed by atoms with Gasteiger partial charge in [0.15, 0.2) is 14.1 Å². The SMILES string of the molecule is CC(C)(C)[Si](C)(C)O[C@H]1CCCN(C(=O)O)[C@@H]1CC(=O)Cn1cnc2cc(Cl)ccc21. The second-order valence-electron chi connectivity index (χ2n) is 9.85. The highest BCUT2D eigenvalue weighted by Gasteiger charge is 2.44. The summed E-state index contributed by atoms with van der Waals surface area (Å²) in [7, 11) is -2.11. The Balaban J connectivity index is 1.79. The molecule has 1 saturated heterocycles. The van der Waals surface area contributed by atoms with Crippen LogP contribution in [0.5, 0.6) is 0 Å². The fourth-order valence-electron chi connectivity index (χ4n) is 3.84. The lowest BCUT2D eigenvalue weighted by Gasteiger charge is -2.45. The molecular formula is C22H32ClN3O4Si. The van der Waals surface area contributed by atoms with Crippen molar-refractivity contribution in [3.05, 3.63) is 29.5 Å². The van der Waals surface area contributed by atoms with Crippen molar-refractivity contribution in [1.82, 2.24) is 14.5 Å². The van der Waals surface area contributed by atoms with Gasteiger partial charge in [-0.3, -0.25) is 4.79 Å². The van der Waals surface area contributed by atoms with Crippen LogP contribution in [-0.4, -0.2) is 58.4 Å². The van der Waals surface area contributed by atoms with Crippen LogP contribution in [0.2, 0.25) is 23.2 Å². The number of aromatic nitrogens is 2. The molecule has 3 rings (SSSR count). The predicted octanol–water partition coefficient (Wildman–Crippen LogP) is 5.18. The third kappa shape index (κ3) is 5.30. The van der Waals surface area contributed by atoms with Crippen molar-refractivity contribution in [2.24, 2.45) is 0 Å².